The average Bonchev–Trinajstić information content (AvgIpc) is 2.73. The first-order chi connectivity index (χ1) is 8.19. The fraction of sp³-hybridized carbons (Fsp3) is 0.462. The number of anilines is 2. The zero-order valence-electron chi connectivity index (χ0n) is 10.1. The zero-order valence-corrected chi connectivity index (χ0v) is 10.1. The topological polar surface area (TPSA) is 65.1 Å². The highest BCUT2D eigenvalue weighted by Crippen LogP contribution is 2.20. The van der Waals surface area contributed by atoms with E-state index in [1.165, 1.54) is 13.0 Å². The van der Waals surface area contributed by atoms with Crippen LogP contribution < -0.4 is 11.1 Å². The molecule has 17 heavy (non-hydrogen) atoms. The van der Waals surface area contributed by atoms with Crippen molar-refractivity contribution in [1.82, 2.24) is 4.90 Å². The van der Waals surface area contributed by atoms with Gasteiger partial charge in [-0.3, -0.25) is 0 Å². The summed E-state index contributed by atoms with van der Waals surface area (Å²) in [6.45, 7) is 3.21. The van der Waals surface area contributed by atoms with Gasteiger partial charge in [0.1, 0.15) is 6.07 Å². The second-order valence-electron chi connectivity index (χ2n) is 4.71. The Kier molecular flexibility index (Phi) is 3.50. The molecular weight excluding hydrogens is 212 g/mol. The van der Waals surface area contributed by atoms with E-state index in [1.807, 2.05) is 12.1 Å². The lowest BCUT2D eigenvalue weighted by molar-refractivity contribution is 0.399. The molecule has 0 amide bonds. The Balaban J connectivity index is 1.97. The summed E-state index contributed by atoms with van der Waals surface area (Å²) in [5.74, 6) is 0.670. The van der Waals surface area contributed by atoms with E-state index >= 15 is 0 Å². The number of hydrogen-bond acceptors (Lipinski definition) is 4. The quantitative estimate of drug-likeness (QED) is 0.772. The maximum atomic E-state index is 9.02. The van der Waals surface area contributed by atoms with Crippen LogP contribution in [-0.4, -0.2) is 31.6 Å². The highest BCUT2D eigenvalue weighted by molar-refractivity contribution is 5.62. The van der Waals surface area contributed by atoms with Crippen molar-refractivity contribution < 1.29 is 0 Å². The molecule has 4 heteroatoms. The van der Waals surface area contributed by atoms with Crippen molar-refractivity contribution in [3.8, 4) is 6.07 Å². The average molecular weight is 230 g/mol. The molecule has 1 heterocycles. The lowest BCUT2D eigenvalue weighted by atomic mass is 10.1. The number of hydrogen-bond donors (Lipinski definition) is 2. The molecule has 1 aromatic rings. The van der Waals surface area contributed by atoms with Gasteiger partial charge < -0.3 is 16.0 Å². The number of nitrogens with two attached hydrogens (primary N) is 1. The molecule has 0 aliphatic carbocycles. The predicted octanol–water partition coefficient (Wildman–Crippen LogP) is 1.50. The van der Waals surface area contributed by atoms with Gasteiger partial charge in [0.05, 0.1) is 11.3 Å². The summed E-state index contributed by atoms with van der Waals surface area (Å²) in [5, 5.41) is 12.4. The molecule has 0 radical (unpaired) electrons. The van der Waals surface area contributed by atoms with Gasteiger partial charge in [-0.15, -0.1) is 0 Å². The number of benzene rings is 1. The van der Waals surface area contributed by atoms with E-state index in [1.54, 1.807) is 6.07 Å². The molecule has 1 aliphatic rings. The van der Waals surface area contributed by atoms with Crippen LogP contribution in [0.4, 0.5) is 11.4 Å². The van der Waals surface area contributed by atoms with E-state index in [0.29, 0.717) is 17.2 Å². The Morgan fingerprint density at radius 2 is 2.41 bits per heavy atom. The van der Waals surface area contributed by atoms with Gasteiger partial charge in [0, 0.05) is 18.8 Å². The number of rotatable bonds is 3. The summed E-state index contributed by atoms with van der Waals surface area (Å²) in [6, 6.07) is 7.58. The summed E-state index contributed by atoms with van der Waals surface area (Å²) >= 11 is 0. The fourth-order valence-electron chi connectivity index (χ4n) is 2.26. The van der Waals surface area contributed by atoms with Crippen LogP contribution in [0, 0.1) is 17.2 Å². The van der Waals surface area contributed by atoms with Crippen LogP contribution in [0.15, 0.2) is 18.2 Å². The van der Waals surface area contributed by atoms with Gasteiger partial charge in [-0.2, -0.15) is 5.26 Å². The number of nitrogens with zero attached hydrogens (tertiary/aromatic N) is 2. The Labute approximate surface area is 102 Å². The highest BCUT2D eigenvalue weighted by atomic mass is 15.1. The molecule has 0 spiro atoms. The molecule has 2 rings (SSSR count). The van der Waals surface area contributed by atoms with Crippen molar-refractivity contribution in [2.75, 3.05) is 37.7 Å². The summed E-state index contributed by atoms with van der Waals surface area (Å²) < 4.78 is 0. The van der Waals surface area contributed by atoms with Crippen LogP contribution in [0.1, 0.15) is 12.0 Å². The highest BCUT2D eigenvalue weighted by Gasteiger charge is 2.19. The minimum atomic E-state index is 0.622. The van der Waals surface area contributed by atoms with Crippen LogP contribution in [0.3, 0.4) is 0 Å². The molecule has 0 saturated carbocycles. The second kappa shape index (κ2) is 5.07. The van der Waals surface area contributed by atoms with Crippen LogP contribution >= 0.6 is 0 Å². The van der Waals surface area contributed by atoms with Crippen molar-refractivity contribution in [2.45, 2.75) is 6.42 Å². The van der Waals surface area contributed by atoms with E-state index < -0.39 is 0 Å². The van der Waals surface area contributed by atoms with E-state index in [-0.39, 0.29) is 0 Å². The largest absolute Gasteiger partial charge is 0.399 e. The summed E-state index contributed by atoms with van der Waals surface area (Å²) in [5.41, 5.74) is 7.79. The Morgan fingerprint density at radius 3 is 3.06 bits per heavy atom. The van der Waals surface area contributed by atoms with Gasteiger partial charge in [0.25, 0.3) is 0 Å². The Bertz CT molecular complexity index is 436. The van der Waals surface area contributed by atoms with E-state index in [4.69, 9.17) is 11.0 Å². The van der Waals surface area contributed by atoms with Crippen molar-refractivity contribution in [3.63, 3.8) is 0 Å². The smallest absolute Gasteiger partial charge is 0.101 e. The molecule has 1 saturated heterocycles. The molecular formula is C13H18N4. The molecule has 90 valence electrons. The van der Waals surface area contributed by atoms with Crippen LogP contribution in [-0.2, 0) is 0 Å². The maximum absolute atomic E-state index is 9.02. The standard InChI is InChI=1S/C13H18N4/c1-17-5-4-10(9-17)8-16-13-3-2-12(15)6-11(13)7-14/h2-3,6,10,16H,4-5,8-9,15H2,1H3. The molecule has 1 aliphatic heterocycles. The van der Waals surface area contributed by atoms with Gasteiger partial charge in [0.15, 0.2) is 0 Å². The molecule has 1 aromatic carbocycles. The normalized spacial score (nSPS) is 20.1. The predicted molar refractivity (Wildman–Crippen MR) is 69.7 cm³/mol. The second-order valence-corrected chi connectivity index (χ2v) is 4.71. The van der Waals surface area contributed by atoms with Gasteiger partial charge in [0.2, 0.25) is 0 Å². The third kappa shape index (κ3) is 2.89. The Hall–Kier alpha value is -1.73. The molecule has 1 fully saturated rings. The zero-order chi connectivity index (χ0) is 12.3. The fourth-order valence-corrected chi connectivity index (χ4v) is 2.26. The van der Waals surface area contributed by atoms with Crippen molar-refractivity contribution >= 4 is 11.4 Å². The summed E-state index contributed by atoms with van der Waals surface area (Å²) in [4.78, 5) is 2.33. The first-order valence-electron chi connectivity index (χ1n) is 5.91. The lowest BCUT2D eigenvalue weighted by Gasteiger charge is -2.13. The number of nitriles is 1. The van der Waals surface area contributed by atoms with Gasteiger partial charge in [-0.25, -0.2) is 0 Å². The number of nitrogens with one attached hydrogen (secondary N) is 1. The number of likely N-dealkylation sites (tertiary alicyclic amines) is 1. The van der Waals surface area contributed by atoms with E-state index in [2.05, 4.69) is 23.3 Å². The molecule has 3 N–H and O–H groups in total. The maximum Gasteiger partial charge on any atom is 0.101 e. The SMILES string of the molecule is CN1CCC(CNc2ccc(N)cc2C#N)C1. The lowest BCUT2D eigenvalue weighted by Crippen LogP contribution is -2.19. The molecule has 0 bridgehead atoms. The molecule has 1 unspecified atom stereocenters. The molecule has 0 aromatic heterocycles. The van der Waals surface area contributed by atoms with Crippen molar-refractivity contribution in [1.29, 1.82) is 5.26 Å². The van der Waals surface area contributed by atoms with Gasteiger partial charge >= 0.3 is 0 Å². The molecule has 1 atom stereocenters. The van der Waals surface area contributed by atoms with Crippen molar-refractivity contribution in [2.24, 2.45) is 5.92 Å². The van der Waals surface area contributed by atoms with Crippen LogP contribution in [0.2, 0.25) is 0 Å². The first-order valence-corrected chi connectivity index (χ1v) is 5.91. The van der Waals surface area contributed by atoms with E-state index in [0.717, 1.165) is 18.8 Å². The molecule has 4 nitrogen and oxygen atoms in total. The third-order valence-electron chi connectivity index (χ3n) is 3.23. The summed E-state index contributed by atoms with van der Waals surface area (Å²) in [7, 11) is 2.14. The minimum Gasteiger partial charge on any atom is -0.399 e. The first kappa shape index (κ1) is 11.7. The summed E-state index contributed by atoms with van der Waals surface area (Å²) in [6.07, 6.45) is 1.22. The van der Waals surface area contributed by atoms with Crippen LogP contribution in [0.5, 0.6) is 0 Å². The Morgan fingerprint density at radius 1 is 1.59 bits per heavy atom. The number of nitrogen functional groups attached to an aromatic ring is 1. The third-order valence-corrected chi connectivity index (χ3v) is 3.23. The monoisotopic (exact) mass is 230 g/mol. The van der Waals surface area contributed by atoms with Crippen molar-refractivity contribution in [3.05, 3.63) is 23.8 Å². The van der Waals surface area contributed by atoms with Gasteiger partial charge in [-0.1, -0.05) is 0 Å². The van der Waals surface area contributed by atoms with E-state index in [9.17, 15) is 0 Å². The van der Waals surface area contributed by atoms with Gasteiger partial charge in [-0.05, 0) is 44.1 Å². The minimum absolute atomic E-state index is 0.622. The van der Waals surface area contributed by atoms with Crippen LogP contribution in [0.25, 0.3) is 0 Å².